The van der Waals surface area contributed by atoms with E-state index in [1.807, 2.05) is 55.5 Å². The van der Waals surface area contributed by atoms with Crippen molar-refractivity contribution >= 4 is 11.8 Å². The highest BCUT2D eigenvalue weighted by Gasteiger charge is 2.22. The maximum Gasteiger partial charge on any atom is 0.260 e. The van der Waals surface area contributed by atoms with Crippen molar-refractivity contribution in [3.63, 3.8) is 0 Å². The molecule has 0 aromatic heterocycles. The number of benzene rings is 2. The fourth-order valence-corrected chi connectivity index (χ4v) is 3.24. The van der Waals surface area contributed by atoms with Gasteiger partial charge >= 0.3 is 0 Å². The molecule has 2 aromatic rings. The number of nitrogens with zero attached hydrogens (tertiary/aromatic N) is 2. The molecule has 2 aromatic carbocycles. The Morgan fingerprint density at radius 3 is 1.87 bits per heavy atom. The Morgan fingerprint density at radius 2 is 1.27 bits per heavy atom. The first-order valence-corrected chi connectivity index (χ1v) is 10.3. The molecule has 3 rings (SSSR count). The van der Waals surface area contributed by atoms with Crippen molar-refractivity contribution in [2.24, 2.45) is 0 Å². The van der Waals surface area contributed by atoms with E-state index >= 15 is 0 Å². The van der Waals surface area contributed by atoms with Crippen LogP contribution < -0.4 is 14.2 Å². The molecule has 160 valence electrons. The van der Waals surface area contributed by atoms with E-state index in [1.54, 1.807) is 15.9 Å². The lowest BCUT2D eigenvalue weighted by atomic mass is 10.3. The van der Waals surface area contributed by atoms with Gasteiger partial charge in [0, 0.05) is 26.2 Å². The maximum atomic E-state index is 12.6. The van der Waals surface area contributed by atoms with Crippen LogP contribution in [0.5, 0.6) is 17.2 Å². The fourth-order valence-electron chi connectivity index (χ4n) is 3.24. The second-order valence-corrected chi connectivity index (χ2v) is 6.89. The van der Waals surface area contributed by atoms with Crippen LogP contribution in [0.3, 0.4) is 0 Å². The van der Waals surface area contributed by atoms with Crippen LogP contribution in [0.4, 0.5) is 0 Å². The summed E-state index contributed by atoms with van der Waals surface area (Å²) in [5, 5.41) is 0. The van der Waals surface area contributed by atoms with Crippen molar-refractivity contribution in [2.45, 2.75) is 13.3 Å². The molecule has 0 bridgehead atoms. The lowest BCUT2D eigenvalue weighted by Crippen LogP contribution is -2.40. The van der Waals surface area contributed by atoms with Crippen LogP contribution in [0.25, 0.3) is 0 Å². The highest BCUT2D eigenvalue weighted by Crippen LogP contribution is 2.26. The molecule has 1 fully saturated rings. The Kier molecular flexibility index (Phi) is 7.94. The molecule has 2 amide bonds. The first-order chi connectivity index (χ1) is 14.7. The van der Waals surface area contributed by atoms with E-state index in [9.17, 15) is 9.59 Å². The standard InChI is InChI=1S/C23H28N2O5/c1-2-28-20-11-6-7-12-21(20)30-18-23(27)25-14-8-13-24(15-16-25)22(26)17-29-19-9-4-3-5-10-19/h3-7,9-12H,2,8,13-18H2,1H3. The number of rotatable bonds is 8. The van der Waals surface area contributed by atoms with Crippen LogP contribution in [-0.4, -0.2) is 67.6 Å². The zero-order valence-electron chi connectivity index (χ0n) is 17.3. The van der Waals surface area contributed by atoms with Gasteiger partial charge in [-0.1, -0.05) is 30.3 Å². The Morgan fingerprint density at radius 1 is 0.733 bits per heavy atom. The number of hydrogen-bond acceptors (Lipinski definition) is 5. The van der Waals surface area contributed by atoms with E-state index < -0.39 is 0 Å². The molecular formula is C23H28N2O5. The molecule has 0 saturated carbocycles. The van der Waals surface area contributed by atoms with E-state index in [0.29, 0.717) is 50.0 Å². The molecule has 1 aliphatic heterocycles. The van der Waals surface area contributed by atoms with E-state index in [0.717, 1.165) is 6.42 Å². The van der Waals surface area contributed by atoms with Gasteiger partial charge in [0.1, 0.15) is 5.75 Å². The predicted molar refractivity (Wildman–Crippen MR) is 113 cm³/mol. The summed E-state index contributed by atoms with van der Waals surface area (Å²) in [6, 6.07) is 16.6. The van der Waals surface area contributed by atoms with E-state index in [-0.39, 0.29) is 25.0 Å². The monoisotopic (exact) mass is 412 g/mol. The number of amides is 2. The molecule has 7 nitrogen and oxygen atoms in total. The fraction of sp³-hybridized carbons (Fsp3) is 0.391. The highest BCUT2D eigenvalue weighted by molar-refractivity contribution is 5.79. The van der Waals surface area contributed by atoms with Crippen molar-refractivity contribution in [3.05, 3.63) is 54.6 Å². The minimum absolute atomic E-state index is 0.00468. The smallest absolute Gasteiger partial charge is 0.260 e. The lowest BCUT2D eigenvalue weighted by Gasteiger charge is -2.22. The summed E-state index contributed by atoms with van der Waals surface area (Å²) >= 11 is 0. The lowest BCUT2D eigenvalue weighted by molar-refractivity contribution is -0.135. The average molecular weight is 412 g/mol. The van der Waals surface area contributed by atoms with Crippen LogP contribution in [0.2, 0.25) is 0 Å². The molecule has 0 spiro atoms. The summed E-state index contributed by atoms with van der Waals surface area (Å²) in [5.74, 6) is 1.67. The number of carbonyl (C=O) groups is 2. The summed E-state index contributed by atoms with van der Waals surface area (Å²) in [6.07, 6.45) is 0.721. The summed E-state index contributed by atoms with van der Waals surface area (Å²) in [5.41, 5.74) is 0. The van der Waals surface area contributed by atoms with Gasteiger partial charge in [0.15, 0.2) is 24.7 Å². The van der Waals surface area contributed by atoms with E-state index in [4.69, 9.17) is 14.2 Å². The van der Waals surface area contributed by atoms with E-state index in [2.05, 4.69) is 0 Å². The summed E-state index contributed by atoms with van der Waals surface area (Å²) in [6.45, 7) is 4.53. The summed E-state index contributed by atoms with van der Waals surface area (Å²) in [7, 11) is 0. The van der Waals surface area contributed by atoms with Crippen molar-refractivity contribution in [1.29, 1.82) is 0 Å². The van der Waals surface area contributed by atoms with Crippen LogP contribution in [0.1, 0.15) is 13.3 Å². The number of carbonyl (C=O) groups excluding carboxylic acids is 2. The Hall–Kier alpha value is -3.22. The molecule has 1 heterocycles. The van der Waals surface area contributed by atoms with Gasteiger partial charge in [0.05, 0.1) is 6.61 Å². The van der Waals surface area contributed by atoms with Gasteiger partial charge in [-0.2, -0.15) is 0 Å². The molecule has 1 saturated heterocycles. The van der Waals surface area contributed by atoms with Gasteiger partial charge in [-0.15, -0.1) is 0 Å². The number of ether oxygens (including phenoxy) is 3. The minimum atomic E-state index is -0.101. The largest absolute Gasteiger partial charge is 0.490 e. The Bertz CT molecular complexity index is 827. The third-order valence-electron chi connectivity index (χ3n) is 4.81. The van der Waals surface area contributed by atoms with Crippen LogP contribution in [0.15, 0.2) is 54.6 Å². The molecule has 0 N–H and O–H groups in total. The minimum Gasteiger partial charge on any atom is -0.490 e. The first-order valence-electron chi connectivity index (χ1n) is 10.3. The zero-order chi connectivity index (χ0) is 21.2. The highest BCUT2D eigenvalue weighted by atomic mass is 16.5. The SMILES string of the molecule is CCOc1ccccc1OCC(=O)N1CCCN(C(=O)COc2ccccc2)CC1. The quantitative estimate of drug-likeness (QED) is 0.667. The number of para-hydroxylation sites is 3. The number of hydrogen-bond donors (Lipinski definition) is 0. The average Bonchev–Trinajstić information content (AvgIpc) is 3.04. The van der Waals surface area contributed by atoms with Crippen LogP contribution in [-0.2, 0) is 9.59 Å². The third-order valence-corrected chi connectivity index (χ3v) is 4.81. The van der Waals surface area contributed by atoms with Gasteiger partial charge < -0.3 is 24.0 Å². The Labute approximate surface area is 177 Å². The van der Waals surface area contributed by atoms with Gasteiger partial charge in [-0.05, 0) is 37.6 Å². The second-order valence-electron chi connectivity index (χ2n) is 6.89. The van der Waals surface area contributed by atoms with Crippen molar-refractivity contribution in [2.75, 3.05) is 46.0 Å². The molecular weight excluding hydrogens is 384 g/mol. The zero-order valence-corrected chi connectivity index (χ0v) is 17.3. The first kappa shape index (κ1) is 21.5. The summed E-state index contributed by atoms with van der Waals surface area (Å²) in [4.78, 5) is 28.6. The van der Waals surface area contributed by atoms with E-state index in [1.165, 1.54) is 0 Å². The maximum absolute atomic E-state index is 12.6. The molecule has 0 unspecified atom stereocenters. The molecule has 0 radical (unpaired) electrons. The van der Waals surface area contributed by atoms with Crippen molar-refractivity contribution < 1.29 is 23.8 Å². The summed E-state index contributed by atoms with van der Waals surface area (Å²) < 4.78 is 16.8. The van der Waals surface area contributed by atoms with Crippen LogP contribution >= 0.6 is 0 Å². The van der Waals surface area contributed by atoms with Crippen LogP contribution in [0, 0.1) is 0 Å². The van der Waals surface area contributed by atoms with Crippen molar-refractivity contribution in [1.82, 2.24) is 9.80 Å². The van der Waals surface area contributed by atoms with Gasteiger partial charge in [-0.25, -0.2) is 0 Å². The third kappa shape index (κ3) is 6.14. The Balaban J connectivity index is 1.46. The second kappa shape index (κ2) is 11.1. The molecule has 0 atom stereocenters. The van der Waals surface area contributed by atoms with Gasteiger partial charge in [0.25, 0.3) is 11.8 Å². The molecule has 30 heavy (non-hydrogen) atoms. The molecule has 0 aliphatic carbocycles. The van der Waals surface area contributed by atoms with Gasteiger partial charge in [0.2, 0.25) is 0 Å². The van der Waals surface area contributed by atoms with Crippen molar-refractivity contribution in [3.8, 4) is 17.2 Å². The van der Waals surface area contributed by atoms with Gasteiger partial charge in [-0.3, -0.25) is 9.59 Å². The molecule has 7 heteroatoms. The topological polar surface area (TPSA) is 68.3 Å². The predicted octanol–water partition coefficient (Wildman–Crippen LogP) is 2.60. The normalized spacial score (nSPS) is 14.0. The molecule has 1 aliphatic rings.